The minimum absolute atomic E-state index is 0.549. The van der Waals surface area contributed by atoms with Crippen LogP contribution in [0, 0.1) is 5.92 Å². The summed E-state index contributed by atoms with van der Waals surface area (Å²) in [5, 5.41) is 1.37. The lowest BCUT2D eigenvalue weighted by molar-refractivity contribution is 0.642. The van der Waals surface area contributed by atoms with Crippen LogP contribution in [0.1, 0.15) is 26.3 Å². The summed E-state index contributed by atoms with van der Waals surface area (Å²) in [7, 11) is 0. The second kappa shape index (κ2) is 5.78. The van der Waals surface area contributed by atoms with Gasteiger partial charge in [-0.3, -0.25) is 0 Å². The first-order chi connectivity index (χ1) is 7.06. The average Bonchev–Trinajstić information content (AvgIpc) is 2.20. The van der Waals surface area contributed by atoms with Gasteiger partial charge in [-0.05, 0) is 17.5 Å². The van der Waals surface area contributed by atoms with Crippen molar-refractivity contribution in [3.05, 3.63) is 28.8 Å². The molecule has 0 amide bonds. The van der Waals surface area contributed by atoms with Gasteiger partial charge < -0.3 is 5.73 Å². The van der Waals surface area contributed by atoms with E-state index in [4.69, 9.17) is 17.3 Å². The van der Waals surface area contributed by atoms with Crippen molar-refractivity contribution in [1.82, 2.24) is 0 Å². The van der Waals surface area contributed by atoms with E-state index >= 15 is 0 Å². The number of halogens is 1. The normalized spacial score (nSPS) is 13.2. The van der Waals surface area contributed by atoms with Gasteiger partial charge in [-0.15, -0.1) is 11.8 Å². The Morgan fingerprint density at radius 3 is 2.53 bits per heavy atom. The number of nitrogens with two attached hydrogens (primary N) is 1. The molecule has 0 spiro atoms. The molecule has 0 radical (unpaired) electrons. The van der Waals surface area contributed by atoms with Crippen LogP contribution in [0.3, 0.4) is 0 Å². The van der Waals surface area contributed by atoms with Gasteiger partial charge in [0, 0.05) is 16.7 Å². The van der Waals surface area contributed by atoms with Crippen molar-refractivity contribution in [2.45, 2.75) is 37.5 Å². The van der Waals surface area contributed by atoms with E-state index in [0.717, 1.165) is 15.5 Å². The van der Waals surface area contributed by atoms with E-state index in [0.29, 0.717) is 17.7 Å². The maximum absolute atomic E-state index is 6.18. The molecule has 1 unspecified atom stereocenters. The molecule has 0 aliphatic carbocycles. The van der Waals surface area contributed by atoms with Gasteiger partial charge in [0.15, 0.2) is 0 Å². The molecular weight excluding hydrogens is 226 g/mol. The van der Waals surface area contributed by atoms with Crippen LogP contribution in [0.4, 0.5) is 0 Å². The van der Waals surface area contributed by atoms with E-state index in [1.807, 2.05) is 30.0 Å². The number of rotatable bonds is 4. The fourth-order valence-electron chi connectivity index (χ4n) is 1.17. The van der Waals surface area contributed by atoms with Crippen LogP contribution in [0.25, 0.3) is 0 Å². The van der Waals surface area contributed by atoms with Crippen molar-refractivity contribution in [1.29, 1.82) is 0 Å². The highest BCUT2D eigenvalue weighted by Gasteiger charge is 2.13. The molecule has 0 bridgehead atoms. The molecule has 1 atom stereocenters. The number of thioether (sulfide) groups is 1. The van der Waals surface area contributed by atoms with Crippen molar-refractivity contribution in [3.63, 3.8) is 0 Å². The van der Waals surface area contributed by atoms with Gasteiger partial charge in [0.2, 0.25) is 0 Å². The fraction of sp³-hybridized carbons (Fsp3) is 0.500. The lowest BCUT2D eigenvalue weighted by Gasteiger charge is -2.17. The molecule has 0 aliphatic heterocycles. The van der Waals surface area contributed by atoms with Crippen LogP contribution in [-0.2, 0) is 6.54 Å². The molecule has 0 saturated heterocycles. The molecule has 3 heteroatoms. The summed E-state index contributed by atoms with van der Waals surface area (Å²) in [6.07, 6.45) is 0. The van der Waals surface area contributed by atoms with E-state index in [9.17, 15) is 0 Å². The summed E-state index contributed by atoms with van der Waals surface area (Å²) in [4.78, 5) is 1.14. The maximum Gasteiger partial charge on any atom is 0.0545 e. The second-order valence-electron chi connectivity index (χ2n) is 4.00. The molecular formula is C12H18ClNS. The highest BCUT2D eigenvalue weighted by atomic mass is 35.5. The maximum atomic E-state index is 6.18. The average molecular weight is 244 g/mol. The Kier molecular flexibility index (Phi) is 4.97. The van der Waals surface area contributed by atoms with Crippen LogP contribution in [0.2, 0.25) is 5.02 Å². The SMILES string of the molecule is CC(C)C(C)Sc1c(Cl)cccc1CN. The van der Waals surface area contributed by atoms with Gasteiger partial charge in [-0.1, -0.05) is 44.5 Å². The zero-order valence-electron chi connectivity index (χ0n) is 9.46. The van der Waals surface area contributed by atoms with Crippen molar-refractivity contribution in [2.75, 3.05) is 0 Å². The van der Waals surface area contributed by atoms with E-state index < -0.39 is 0 Å². The minimum atomic E-state index is 0.549. The van der Waals surface area contributed by atoms with Crippen molar-refractivity contribution >= 4 is 23.4 Å². The van der Waals surface area contributed by atoms with Crippen molar-refractivity contribution in [2.24, 2.45) is 11.7 Å². The van der Waals surface area contributed by atoms with Gasteiger partial charge >= 0.3 is 0 Å². The molecule has 1 nitrogen and oxygen atoms in total. The molecule has 1 aromatic rings. The van der Waals surface area contributed by atoms with Crippen LogP contribution in [0.5, 0.6) is 0 Å². The molecule has 0 aromatic heterocycles. The molecule has 84 valence electrons. The quantitative estimate of drug-likeness (QED) is 0.811. The van der Waals surface area contributed by atoms with Crippen molar-refractivity contribution in [3.8, 4) is 0 Å². The fourth-order valence-corrected chi connectivity index (χ4v) is 2.62. The third-order valence-electron chi connectivity index (χ3n) is 2.51. The first kappa shape index (κ1) is 12.9. The zero-order chi connectivity index (χ0) is 11.4. The Hall–Kier alpha value is -0.180. The standard InChI is InChI=1S/C12H18ClNS/c1-8(2)9(3)15-12-10(7-14)5-4-6-11(12)13/h4-6,8-9H,7,14H2,1-3H3. The predicted octanol–water partition coefficient (Wildman–Crippen LogP) is 3.94. The molecule has 0 heterocycles. The largest absolute Gasteiger partial charge is 0.326 e. The Balaban J connectivity index is 2.92. The second-order valence-corrected chi connectivity index (χ2v) is 5.79. The first-order valence-electron chi connectivity index (χ1n) is 5.20. The van der Waals surface area contributed by atoms with Gasteiger partial charge in [0.1, 0.15) is 0 Å². The lowest BCUT2D eigenvalue weighted by Crippen LogP contribution is -2.07. The van der Waals surface area contributed by atoms with Gasteiger partial charge in [-0.2, -0.15) is 0 Å². The summed E-state index contributed by atoms with van der Waals surface area (Å²) in [6.45, 7) is 7.21. The summed E-state index contributed by atoms with van der Waals surface area (Å²) < 4.78 is 0. The highest BCUT2D eigenvalue weighted by Crippen LogP contribution is 2.35. The molecule has 0 fully saturated rings. The van der Waals surface area contributed by atoms with Gasteiger partial charge in [-0.25, -0.2) is 0 Å². The Morgan fingerprint density at radius 1 is 1.33 bits per heavy atom. The smallest absolute Gasteiger partial charge is 0.0545 e. The number of hydrogen-bond acceptors (Lipinski definition) is 2. The lowest BCUT2D eigenvalue weighted by atomic mass is 10.2. The zero-order valence-corrected chi connectivity index (χ0v) is 11.0. The van der Waals surface area contributed by atoms with Crippen LogP contribution < -0.4 is 5.73 Å². The minimum Gasteiger partial charge on any atom is -0.326 e. The Bertz CT molecular complexity index is 325. The molecule has 0 aliphatic rings. The number of benzene rings is 1. The Morgan fingerprint density at radius 2 is 2.00 bits per heavy atom. The van der Waals surface area contributed by atoms with Gasteiger partial charge in [0.05, 0.1) is 5.02 Å². The topological polar surface area (TPSA) is 26.0 Å². The predicted molar refractivity (Wildman–Crippen MR) is 69.5 cm³/mol. The Labute approximate surface area is 101 Å². The summed E-state index contributed by atoms with van der Waals surface area (Å²) in [5.74, 6) is 0.636. The van der Waals surface area contributed by atoms with Crippen LogP contribution in [-0.4, -0.2) is 5.25 Å². The van der Waals surface area contributed by atoms with E-state index in [2.05, 4.69) is 20.8 Å². The summed E-state index contributed by atoms with van der Waals surface area (Å²) in [5.41, 5.74) is 6.84. The van der Waals surface area contributed by atoms with Crippen molar-refractivity contribution < 1.29 is 0 Å². The molecule has 15 heavy (non-hydrogen) atoms. The van der Waals surface area contributed by atoms with E-state index in [1.165, 1.54) is 0 Å². The van der Waals surface area contributed by atoms with Gasteiger partial charge in [0.25, 0.3) is 0 Å². The summed E-state index contributed by atoms with van der Waals surface area (Å²) in [6, 6.07) is 5.92. The third kappa shape index (κ3) is 3.40. The molecule has 2 N–H and O–H groups in total. The molecule has 1 rings (SSSR count). The van der Waals surface area contributed by atoms with Crippen LogP contribution >= 0.6 is 23.4 Å². The highest BCUT2D eigenvalue weighted by molar-refractivity contribution is 8.00. The molecule has 0 saturated carbocycles. The third-order valence-corrected chi connectivity index (χ3v) is 4.57. The van der Waals surface area contributed by atoms with Crippen LogP contribution in [0.15, 0.2) is 23.1 Å². The molecule has 1 aromatic carbocycles. The van der Waals surface area contributed by atoms with E-state index in [1.54, 1.807) is 0 Å². The summed E-state index contributed by atoms with van der Waals surface area (Å²) >= 11 is 8.00. The number of hydrogen-bond donors (Lipinski definition) is 1. The van der Waals surface area contributed by atoms with E-state index in [-0.39, 0.29) is 0 Å². The monoisotopic (exact) mass is 243 g/mol. The first-order valence-corrected chi connectivity index (χ1v) is 6.46.